The molecule has 1 aliphatic carbocycles. The Kier molecular flexibility index (Phi) is 5.23. The second-order valence-corrected chi connectivity index (χ2v) is 7.16. The van der Waals surface area contributed by atoms with Crippen LogP contribution in [0.4, 0.5) is 0 Å². The number of hydrogen-bond donors (Lipinski definition) is 2. The number of nitrogens with one attached hydrogen (secondary N) is 2. The molecule has 124 valence electrons. The van der Waals surface area contributed by atoms with E-state index in [-0.39, 0.29) is 17.9 Å². The first kappa shape index (κ1) is 16.3. The summed E-state index contributed by atoms with van der Waals surface area (Å²) in [5.74, 6) is 0.391. The Labute approximate surface area is 141 Å². The first-order chi connectivity index (χ1) is 11.1. The van der Waals surface area contributed by atoms with Gasteiger partial charge >= 0.3 is 0 Å². The van der Waals surface area contributed by atoms with Gasteiger partial charge in [-0.15, -0.1) is 11.8 Å². The van der Waals surface area contributed by atoms with Crippen LogP contribution in [0.25, 0.3) is 0 Å². The van der Waals surface area contributed by atoms with Crippen LogP contribution in [0.2, 0.25) is 0 Å². The first-order valence-corrected chi connectivity index (χ1v) is 9.12. The molecule has 23 heavy (non-hydrogen) atoms. The van der Waals surface area contributed by atoms with Crippen molar-refractivity contribution in [3.05, 3.63) is 29.8 Å². The molecule has 1 heterocycles. The van der Waals surface area contributed by atoms with E-state index >= 15 is 0 Å². The number of amides is 2. The van der Waals surface area contributed by atoms with Gasteiger partial charge in [0.2, 0.25) is 11.8 Å². The Hall–Kier alpha value is -1.53. The van der Waals surface area contributed by atoms with Crippen LogP contribution in [0.5, 0.6) is 0 Å². The van der Waals surface area contributed by atoms with Gasteiger partial charge in [0.15, 0.2) is 0 Å². The molecule has 6 heteroatoms. The van der Waals surface area contributed by atoms with Crippen LogP contribution in [0.3, 0.4) is 0 Å². The average molecular weight is 333 g/mol. The number of piperazine rings is 1. The van der Waals surface area contributed by atoms with Gasteiger partial charge < -0.3 is 15.5 Å². The Balaban J connectivity index is 1.59. The van der Waals surface area contributed by atoms with E-state index < -0.39 is 0 Å². The molecule has 1 aromatic carbocycles. The largest absolute Gasteiger partial charge is 0.352 e. The van der Waals surface area contributed by atoms with Crippen molar-refractivity contribution in [1.29, 1.82) is 0 Å². The van der Waals surface area contributed by atoms with Crippen LogP contribution in [-0.4, -0.2) is 54.2 Å². The Morgan fingerprint density at radius 2 is 2.13 bits per heavy atom. The number of thioether (sulfide) groups is 1. The van der Waals surface area contributed by atoms with E-state index in [0.29, 0.717) is 24.9 Å². The van der Waals surface area contributed by atoms with Crippen molar-refractivity contribution in [2.75, 3.05) is 25.4 Å². The van der Waals surface area contributed by atoms with Crippen molar-refractivity contribution in [3.63, 3.8) is 0 Å². The normalized spacial score (nSPS) is 21.1. The maximum absolute atomic E-state index is 12.6. The number of nitrogens with zero attached hydrogens (tertiary/aromatic N) is 1. The number of benzene rings is 1. The Bertz CT molecular complexity index is 589. The van der Waals surface area contributed by atoms with Crippen LogP contribution in [0, 0.1) is 6.92 Å². The SMILES string of the molecule is Cc1ccccc1SCC(=O)N1CCNC[C@@H]1C(=O)NC1CC1. The molecule has 2 amide bonds. The minimum Gasteiger partial charge on any atom is -0.352 e. The Morgan fingerprint density at radius 1 is 1.35 bits per heavy atom. The molecule has 0 bridgehead atoms. The van der Waals surface area contributed by atoms with Gasteiger partial charge in [0.25, 0.3) is 0 Å². The standard InChI is InChI=1S/C17H23N3O2S/c1-12-4-2-3-5-15(12)23-11-16(21)20-9-8-18-10-14(20)17(22)19-13-6-7-13/h2-5,13-14,18H,6-11H2,1H3,(H,19,22)/t14-/m1/s1. The lowest BCUT2D eigenvalue weighted by Crippen LogP contribution is -2.60. The molecule has 2 N–H and O–H groups in total. The third kappa shape index (κ3) is 4.26. The number of rotatable bonds is 5. The van der Waals surface area contributed by atoms with E-state index in [4.69, 9.17) is 0 Å². The molecule has 1 aliphatic heterocycles. The van der Waals surface area contributed by atoms with E-state index in [1.54, 1.807) is 16.7 Å². The lowest BCUT2D eigenvalue weighted by Gasteiger charge is -2.35. The molecule has 0 unspecified atom stereocenters. The van der Waals surface area contributed by atoms with E-state index in [2.05, 4.69) is 10.6 Å². The smallest absolute Gasteiger partial charge is 0.244 e. The van der Waals surface area contributed by atoms with Gasteiger partial charge in [-0.05, 0) is 31.4 Å². The molecule has 2 fully saturated rings. The highest BCUT2D eigenvalue weighted by atomic mass is 32.2. The third-order valence-corrected chi connectivity index (χ3v) is 5.40. The quantitative estimate of drug-likeness (QED) is 0.794. The zero-order valence-corrected chi connectivity index (χ0v) is 14.2. The first-order valence-electron chi connectivity index (χ1n) is 8.14. The topological polar surface area (TPSA) is 61.4 Å². The van der Waals surface area contributed by atoms with Gasteiger partial charge in [0.1, 0.15) is 6.04 Å². The molecule has 2 aliphatic rings. The summed E-state index contributed by atoms with van der Waals surface area (Å²) >= 11 is 1.55. The Morgan fingerprint density at radius 3 is 2.87 bits per heavy atom. The van der Waals surface area contributed by atoms with Crippen molar-refractivity contribution in [2.24, 2.45) is 0 Å². The summed E-state index contributed by atoms with van der Waals surface area (Å²) in [6, 6.07) is 8.00. The second-order valence-electron chi connectivity index (χ2n) is 6.14. The molecular formula is C17H23N3O2S. The van der Waals surface area contributed by atoms with Gasteiger partial charge in [0, 0.05) is 30.6 Å². The molecule has 0 aromatic heterocycles. The third-order valence-electron chi connectivity index (χ3n) is 4.23. The summed E-state index contributed by atoms with van der Waals surface area (Å²) in [4.78, 5) is 27.8. The van der Waals surface area contributed by atoms with Crippen molar-refractivity contribution < 1.29 is 9.59 Å². The molecule has 1 saturated carbocycles. The zero-order valence-electron chi connectivity index (χ0n) is 13.4. The van der Waals surface area contributed by atoms with Crippen LogP contribution in [0.15, 0.2) is 29.2 Å². The van der Waals surface area contributed by atoms with Crippen molar-refractivity contribution in [3.8, 4) is 0 Å². The molecular weight excluding hydrogens is 310 g/mol. The maximum atomic E-state index is 12.6. The monoisotopic (exact) mass is 333 g/mol. The highest BCUT2D eigenvalue weighted by Gasteiger charge is 2.34. The highest BCUT2D eigenvalue weighted by molar-refractivity contribution is 8.00. The number of aryl methyl sites for hydroxylation is 1. The number of hydrogen-bond acceptors (Lipinski definition) is 4. The molecule has 0 spiro atoms. The van der Waals surface area contributed by atoms with Crippen molar-refractivity contribution in [1.82, 2.24) is 15.5 Å². The van der Waals surface area contributed by atoms with Gasteiger partial charge in [-0.1, -0.05) is 18.2 Å². The number of carbonyl (C=O) groups is 2. The number of carbonyl (C=O) groups excluding carboxylic acids is 2. The predicted octanol–water partition coefficient (Wildman–Crippen LogP) is 1.17. The molecule has 1 saturated heterocycles. The second kappa shape index (κ2) is 7.36. The van der Waals surface area contributed by atoms with Crippen LogP contribution < -0.4 is 10.6 Å². The summed E-state index contributed by atoms with van der Waals surface area (Å²) < 4.78 is 0. The minimum absolute atomic E-state index is 0.0195. The molecule has 1 aromatic rings. The van der Waals surface area contributed by atoms with Gasteiger partial charge in [-0.25, -0.2) is 0 Å². The summed E-state index contributed by atoms with van der Waals surface area (Å²) in [5.41, 5.74) is 1.17. The summed E-state index contributed by atoms with van der Waals surface area (Å²) in [6.07, 6.45) is 2.12. The summed E-state index contributed by atoms with van der Waals surface area (Å²) in [5, 5.41) is 6.23. The van der Waals surface area contributed by atoms with Crippen molar-refractivity contribution in [2.45, 2.75) is 36.7 Å². The van der Waals surface area contributed by atoms with Gasteiger partial charge in [-0.3, -0.25) is 9.59 Å². The highest BCUT2D eigenvalue weighted by Crippen LogP contribution is 2.23. The van der Waals surface area contributed by atoms with Crippen LogP contribution in [0.1, 0.15) is 18.4 Å². The molecule has 1 atom stereocenters. The lowest BCUT2D eigenvalue weighted by atomic mass is 10.1. The van der Waals surface area contributed by atoms with E-state index in [0.717, 1.165) is 24.3 Å². The van der Waals surface area contributed by atoms with E-state index in [9.17, 15) is 9.59 Å². The minimum atomic E-state index is -0.380. The molecule has 5 nitrogen and oxygen atoms in total. The summed E-state index contributed by atoms with van der Waals surface area (Å²) in [7, 11) is 0. The fourth-order valence-electron chi connectivity index (χ4n) is 2.70. The van der Waals surface area contributed by atoms with E-state index in [1.807, 2.05) is 31.2 Å². The molecule has 0 radical (unpaired) electrons. The molecule has 3 rings (SSSR count). The van der Waals surface area contributed by atoms with Crippen LogP contribution in [-0.2, 0) is 9.59 Å². The fraction of sp³-hybridized carbons (Fsp3) is 0.529. The zero-order chi connectivity index (χ0) is 16.2. The fourth-order valence-corrected chi connectivity index (χ4v) is 3.62. The predicted molar refractivity (Wildman–Crippen MR) is 91.4 cm³/mol. The average Bonchev–Trinajstić information content (AvgIpc) is 3.38. The van der Waals surface area contributed by atoms with E-state index in [1.165, 1.54) is 5.56 Å². The van der Waals surface area contributed by atoms with Gasteiger partial charge in [0.05, 0.1) is 5.75 Å². The van der Waals surface area contributed by atoms with Crippen molar-refractivity contribution >= 4 is 23.6 Å². The summed E-state index contributed by atoms with van der Waals surface area (Å²) in [6.45, 7) is 3.92. The maximum Gasteiger partial charge on any atom is 0.244 e. The lowest BCUT2D eigenvalue weighted by molar-refractivity contribution is -0.139. The van der Waals surface area contributed by atoms with Gasteiger partial charge in [-0.2, -0.15) is 0 Å². The van der Waals surface area contributed by atoms with Crippen LogP contribution >= 0.6 is 11.8 Å².